The van der Waals surface area contributed by atoms with E-state index in [1.54, 1.807) is 35.3 Å². The molecule has 1 aromatic heterocycles. The number of nitrogens with one attached hydrogen (secondary N) is 2. The van der Waals surface area contributed by atoms with Crippen LogP contribution in [0.4, 0.5) is 8.78 Å². The van der Waals surface area contributed by atoms with Gasteiger partial charge in [0.15, 0.2) is 5.67 Å². The third-order valence-corrected chi connectivity index (χ3v) is 6.59. The van der Waals surface area contributed by atoms with Crippen molar-refractivity contribution in [1.82, 2.24) is 25.6 Å². The monoisotopic (exact) mass is 449 g/mol. The van der Waals surface area contributed by atoms with Crippen molar-refractivity contribution in [2.24, 2.45) is 5.92 Å². The maximum Gasteiger partial charge on any atom is 0.254 e. The molecule has 2 N–H and O–H groups in total. The Balaban J connectivity index is 1.48. The minimum atomic E-state index is -1.81. The average Bonchev–Trinajstić information content (AvgIpc) is 3.32. The number of benzene rings is 2. The van der Waals surface area contributed by atoms with E-state index in [-0.39, 0.29) is 18.5 Å². The lowest BCUT2D eigenvalue weighted by Gasteiger charge is -2.40. The lowest BCUT2D eigenvalue weighted by Crippen LogP contribution is -2.50. The Morgan fingerprint density at radius 2 is 1.82 bits per heavy atom. The first-order valence-electron chi connectivity index (χ1n) is 11.2. The predicted octanol–water partition coefficient (Wildman–Crippen LogP) is 3.90. The summed E-state index contributed by atoms with van der Waals surface area (Å²) in [5.74, 6) is -1.20. The summed E-state index contributed by atoms with van der Waals surface area (Å²) >= 11 is 0. The van der Waals surface area contributed by atoms with Crippen LogP contribution in [0.1, 0.15) is 28.8 Å². The third-order valence-electron chi connectivity index (χ3n) is 6.59. The van der Waals surface area contributed by atoms with Gasteiger partial charge in [-0.15, -0.1) is 0 Å². The Hall–Kier alpha value is -3.39. The van der Waals surface area contributed by atoms with E-state index >= 15 is 4.39 Å². The number of piperidine rings is 1. The van der Waals surface area contributed by atoms with Crippen molar-refractivity contribution < 1.29 is 13.6 Å². The number of aromatic amines is 1. The van der Waals surface area contributed by atoms with Crippen LogP contribution in [0.3, 0.4) is 0 Å². The Morgan fingerprint density at radius 3 is 2.61 bits per heavy atom. The average molecular weight is 450 g/mol. The van der Waals surface area contributed by atoms with Crippen LogP contribution in [0.25, 0.3) is 11.0 Å². The second kappa shape index (κ2) is 8.86. The van der Waals surface area contributed by atoms with Crippen LogP contribution in [0.15, 0.2) is 66.8 Å². The molecule has 2 atom stereocenters. The highest BCUT2D eigenvalue weighted by Gasteiger charge is 2.41. The number of fused-ring (bicyclic) bond motifs is 1. The minimum Gasteiger partial charge on any atom is -0.335 e. The Kier molecular flexibility index (Phi) is 5.76. The Bertz CT molecular complexity index is 1200. The molecule has 0 radical (unpaired) electrons. The summed E-state index contributed by atoms with van der Waals surface area (Å²) < 4.78 is 30.1. The molecule has 0 saturated carbocycles. The van der Waals surface area contributed by atoms with Crippen molar-refractivity contribution >= 4 is 16.9 Å². The van der Waals surface area contributed by atoms with E-state index < -0.39 is 17.4 Å². The number of aromatic nitrogens is 3. The number of carbonyl (C=O) groups excluding carboxylic acids is 1. The molecular weight excluding hydrogens is 424 g/mol. The molecule has 2 unspecified atom stereocenters. The first kappa shape index (κ1) is 21.5. The summed E-state index contributed by atoms with van der Waals surface area (Å²) in [7, 11) is 0. The Labute approximate surface area is 190 Å². The van der Waals surface area contributed by atoms with Crippen molar-refractivity contribution in [3.05, 3.63) is 83.7 Å². The topological polar surface area (TPSA) is 73.9 Å². The molecule has 0 bridgehead atoms. The molecule has 1 amide bonds. The van der Waals surface area contributed by atoms with Gasteiger partial charge in [0, 0.05) is 24.1 Å². The molecule has 1 aliphatic heterocycles. The lowest BCUT2D eigenvalue weighted by molar-refractivity contribution is 0.0516. The summed E-state index contributed by atoms with van der Waals surface area (Å²) in [6, 6.07) is 10.7. The van der Waals surface area contributed by atoms with Crippen LogP contribution in [0.5, 0.6) is 0 Å². The van der Waals surface area contributed by atoms with E-state index in [1.165, 1.54) is 24.3 Å². The molecule has 2 aliphatic rings. The molecule has 3 aromatic rings. The van der Waals surface area contributed by atoms with Gasteiger partial charge in [-0.05, 0) is 74.0 Å². The zero-order valence-corrected chi connectivity index (χ0v) is 18.0. The van der Waals surface area contributed by atoms with Gasteiger partial charge in [0.2, 0.25) is 0 Å². The van der Waals surface area contributed by atoms with Crippen LogP contribution in [-0.4, -0.2) is 51.9 Å². The largest absolute Gasteiger partial charge is 0.335 e. The summed E-state index contributed by atoms with van der Waals surface area (Å²) in [6.07, 6.45) is 8.44. The standard InChI is InChI=1S/C25H25F2N5O/c26-20-7-4-17(5-8-20)24(33)32(21-10-13-28-14-11-21)16-19-3-1-2-12-25(19,27)18-6-9-22-23(15-18)30-31-29-22/h1-9,12,15,19,21,28H,10-11,13-14,16H2,(H,29,30,31). The second-order valence-corrected chi connectivity index (χ2v) is 8.59. The zero-order chi connectivity index (χ0) is 22.8. The van der Waals surface area contributed by atoms with Gasteiger partial charge in [0.25, 0.3) is 5.91 Å². The number of hydrogen-bond donors (Lipinski definition) is 2. The number of alkyl halides is 1. The van der Waals surface area contributed by atoms with Crippen LogP contribution in [0.2, 0.25) is 0 Å². The van der Waals surface area contributed by atoms with Crippen LogP contribution >= 0.6 is 0 Å². The molecule has 1 saturated heterocycles. The van der Waals surface area contributed by atoms with Crippen molar-refractivity contribution in [1.29, 1.82) is 0 Å². The highest BCUT2D eigenvalue weighted by atomic mass is 19.1. The van der Waals surface area contributed by atoms with Gasteiger partial charge in [-0.2, -0.15) is 15.4 Å². The van der Waals surface area contributed by atoms with Crippen molar-refractivity contribution in [3.8, 4) is 0 Å². The van der Waals surface area contributed by atoms with Gasteiger partial charge in [-0.1, -0.05) is 24.3 Å². The van der Waals surface area contributed by atoms with E-state index in [4.69, 9.17) is 0 Å². The summed E-state index contributed by atoms with van der Waals surface area (Å²) in [5, 5.41) is 14.0. The smallest absolute Gasteiger partial charge is 0.254 e. The number of H-pyrrole nitrogens is 1. The number of halogens is 2. The van der Waals surface area contributed by atoms with Crippen LogP contribution < -0.4 is 5.32 Å². The van der Waals surface area contributed by atoms with Gasteiger partial charge < -0.3 is 10.2 Å². The molecule has 6 nitrogen and oxygen atoms in total. The molecular formula is C25H25F2N5O. The predicted molar refractivity (Wildman–Crippen MR) is 122 cm³/mol. The van der Waals surface area contributed by atoms with Gasteiger partial charge in [-0.3, -0.25) is 4.79 Å². The molecule has 33 heavy (non-hydrogen) atoms. The number of allylic oxidation sites excluding steroid dienone is 3. The summed E-state index contributed by atoms with van der Waals surface area (Å²) in [5.41, 5.74) is 0.310. The first-order valence-corrected chi connectivity index (χ1v) is 11.2. The van der Waals surface area contributed by atoms with Crippen LogP contribution in [-0.2, 0) is 5.67 Å². The number of carbonyl (C=O) groups is 1. The summed E-state index contributed by atoms with van der Waals surface area (Å²) in [6.45, 7) is 1.79. The van der Waals surface area contributed by atoms with Gasteiger partial charge >= 0.3 is 0 Å². The SMILES string of the molecule is O=C(c1ccc(F)cc1)N(CC1C=CC=CC1(F)c1ccc2n[nH]nc2c1)C1CCNCC1. The van der Waals surface area contributed by atoms with E-state index in [0.29, 0.717) is 22.2 Å². The molecule has 170 valence electrons. The first-order chi connectivity index (χ1) is 16.0. The van der Waals surface area contributed by atoms with Gasteiger partial charge in [-0.25, -0.2) is 8.78 Å². The molecule has 2 aromatic carbocycles. The van der Waals surface area contributed by atoms with Crippen molar-refractivity contribution in [2.45, 2.75) is 24.6 Å². The quantitative estimate of drug-likeness (QED) is 0.620. The zero-order valence-electron chi connectivity index (χ0n) is 18.0. The number of rotatable bonds is 5. The number of amides is 1. The fraction of sp³-hybridized carbons (Fsp3) is 0.320. The highest BCUT2D eigenvalue weighted by molar-refractivity contribution is 5.94. The maximum atomic E-state index is 16.7. The second-order valence-electron chi connectivity index (χ2n) is 8.59. The van der Waals surface area contributed by atoms with Crippen LogP contribution in [0, 0.1) is 11.7 Å². The van der Waals surface area contributed by atoms with E-state index in [1.807, 2.05) is 12.2 Å². The fourth-order valence-electron chi connectivity index (χ4n) is 4.73. The minimum absolute atomic E-state index is 0.0228. The Morgan fingerprint density at radius 1 is 1.06 bits per heavy atom. The van der Waals surface area contributed by atoms with E-state index in [0.717, 1.165) is 25.9 Å². The molecule has 8 heteroatoms. The normalized spacial score (nSPS) is 23.2. The summed E-state index contributed by atoms with van der Waals surface area (Å²) in [4.78, 5) is 15.3. The number of nitrogens with zero attached hydrogens (tertiary/aromatic N) is 3. The maximum absolute atomic E-state index is 16.7. The van der Waals surface area contributed by atoms with E-state index in [2.05, 4.69) is 20.7 Å². The molecule has 1 fully saturated rings. The fourth-order valence-corrected chi connectivity index (χ4v) is 4.73. The highest BCUT2D eigenvalue weighted by Crippen LogP contribution is 2.40. The van der Waals surface area contributed by atoms with Gasteiger partial charge in [0.05, 0.1) is 0 Å². The van der Waals surface area contributed by atoms with Crippen molar-refractivity contribution in [2.75, 3.05) is 19.6 Å². The molecule has 0 spiro atoms. The molecule has 2 heterocycles. The van der Waals surface area contributed by atoms with Crippen molar-refractivity contribution in [3.63, 3.8) is 0 Å². The third kappa shape index (κ3) is 4.18. The van der Waals surface area contributed by atoms with Gasteiger partial charge in [0.1, 0.15) is 16.9 Å². The van der Waals surface area contributed by atoms with E-state index in [9.17, 15) is 9.18 Å². The molecule has 1 aliphatic carbocycles. The molecule has 5 rings (SSSR count). The number of hydrogen-bond acceptors (Lipinski definition) is 4. The lowest BCUT2D eigenvalue weighted by atomic mass is 9.79.